The number of carbonyl (C=O) groups excluding carboxylic acids is 1. The van der Waals surface area contributed by atoms with Gasteiger partial charge >= 0.3 is 0 Å². The summed E-state index contributed by atoms with van der Waals surface area (Å²) in [6, 6.07) is 30.3. The fourth-order valence-corrected chi connectivity index (χ4v) is 5.17. The van der Waals surface area contributed by atoms with Crippen LogP contribution in [-0.2, 0) is 13.0 Å². The van der Waals surface area contributed by atoms with Gasteiger partial charge in [0.25, 0.3) is 5.91 Å². The highest BCUT2D eigenvalue weighted by Gasteiger charge is 2.23. The van der Waals surface area contributed by atoms with Crippen molar-refractivity contribution in [2.75, 3.05) is 4.90 Å². The van der Waals surface area contributed by atoms with Gasteiger partial charge in [-0.15, -0.1) is 0 Å². The fraction of sp³-hybridized carbons (Fsp3) is 0.167. The lowest BCUT2D eigenvalue weighted by atomic mass is 10.0. The molecule has 174 valence electrons. The molecule has 0 aliphatic carbocycles. The zero-order chi connectivity index (χ0) is 24.2. The summed E-state index contributed by atoms with van der Waals surface area (Å²) < 4.78 is 1.09. The summed E-state index contributed by atoms with van der Waals surface area (Å²) in [6.07, 6.45) is 2.59. The summed E-state index contributed by atoms with van der Waals surface area (Å²) in [5.41, 5.74) is 6.05. The number of fused-ring (bicyclic) bond motifs is 1. The molecule has 2 heterocycles. The van der Waals surface area contributed by atoms with Gasteiger partial charge in [-0.25, -0.2) is 4.98 Å². The van der Waals surface area contributed by atoms with Gasteiger partial charge in [-0.05, 0) is 59.4 Å². The maximum Gasteiger partial charge on any atom is 0.260 e. The van der Waals surface area contributed by atoms with Gasteiger partial charge in [-0.1, -0.05) is 85.8 Å². The molecule has 0 aliphatic heterocycles. The molecule has 2 aromatic heterocycles. The third-order valence-corrected chi connectivity index (χ3v) is 7.08. The van der Waals surface area contributed by atoms with Crippen molar-refractivity contribution >= 4 is 32.6 Å². The van der Waals surface area contributed by atoms with Crippen molar-refractivity contribution in [3.8, 4) is 0 Å². The minimum Gasteiger partial charge on any atom is -0.278 e. The molecule has 0 fully saturated rings. The zero-order valence-electron chi connectivity index (χ0n) is 19.9. The first-order valence-corrected chi connectivity index (χ1v) is 12.6. The molecule has 35 heavy (non-hydrogen) atoms. The first-order valence-electron chi connectivity index (χ1n) is 11.8. The van der Waals surface area contributed by atoms with E-state index in [1.54, 1.807) is 22.4 Å². The van der Waals surface area contributed by atoms with E-state index in [-0.39, 0.29) is 5.91 Å². The standard InChI is InChI=1S/C30H27N3OS/c1-21(2)26-12-8-13-27-28(26)32-30(35-27)33(20-25-11-6-7-18-31-25)29(34)24-16-14-23(15-17-24)19-22-9-4-3-5-10-22/h3-18,21H,19-20H2,1-2H3. The van der Waals surface area contributed by atoms with E-state index in [0.717, 1.165) is 22.3 Å². The number of para-hydroxylation sites is 1. The fourth-order valence-electron chi connectivity index (χ4n) is 4.17. The lowest BCUT2D eigenvalue weighted by Gasteiger charge is -2.20. The van der Waals surface area contributed by atoms with E-state index in [2.05, 4.69) is 49.2 Å². The van der Waals surface area contributed by atoms with Crippen LogP contribution in [0.3, 0.4) is 0 Å². The largest absolute Gasteiger partial charge is 0.278 e. The molecule has 0 atom stereocenters. The van der Waals surface area contributed by atoms with E-state index >= 15 is 0 Å². The Hall–Kier alpha value is -3.83. The third-order valence-electron chi connectivity index (χ3n) is 6.04. The number of benzene rings is 3. The number of aromatic nitrogens is 2. The van der Waals surface area contributed by atoms with Crippen molar-refractivity contribution in [1.82, 2.24) is 9.97 Å². The van der Waals surface area contributed by atoms with E-state index < -0.39 is 0 Å². The lowest BCUT2D eigenvalue weighted by Crippen LogP contribution is -2.30. The average molecular weight is 478 g/mol. The molecule has 5 aromatic rings. The molecule has 0 N–H and O–H groups in total. The number of thiazole rings is 1. The second-order valence-electron chi connectivity index (χ2n) is 8.92. The van der Waals surface area contributed by atoms with Crippen molar-refractivity contribution in [2.24, 2.45) is 0 Å². The predicted molar refractivity (Wildman–Crippen MR) is 144 cm³/mol. The van der Waals surface area contributed by atoms with E-state index in [1.807, 2.05) is 60.7 Å². The third kappa shape index (κ3) is 5.15. The van der Waals surface area contributed by atoms with Gasteiger partial charge in [0.1, 0.15) is 0 Å². The molecule has 0 aliphatic rings. The highest BCUT2D eigenvalue weighted by Crippen LogP contribution is 2.34. The van der Waals surface area contributed by atoms with Gasteiger partial charge in [0.05, 0.1) is 22.5 Å². The Morgan fingerprint density at radius 1 is 0.857 bits per heavy atom. The molecule has 5 rings (SSSR count). The summed E-state index contributed by atoms with van der Waals surface area (Å²) in [7, 11) is 0. The number of amides is 1. The van der Waals surface area contributed by atoms with Crippen molar-refractivity contribution < 1.29 is 4.79 Å². The van der Waals surface area contributed by atoms with Crippen LogP contribution >= 0.6 is 11.3 Å². The van der Waals surface area contributed by atoms with Gasteiger partial charge in [-0.2, -0.15) is 0 Å². The summed E-state index contributed by atoms with van der Waals surface area (Å²) in [4.78, 5) is 24.9. The van der Waals surface area contributed by atoms with E-state index in [0.29, 0.717) is 23.2 Å². The number of hydrogen-bond acceptors (Lipinski definition) is 4. The van der Waals surface area contributed by atoms with Gasteiger partial charge in [0, 0.05) is 11.8 Å². The Morgan fingerprint density at radius 3 is 2.31 bits per heavy atom. The maximum atomic E-state index is 13.8. The molecule has 4 nitrogen and oxygen atoms in total. The topological polar surface area (TPSA) is 46.1 Å². The summed E-state index contributed by atoms with van der Waals surface area (Å²) in [5.74, 6) is 0.276. The Bertz CT molecular complexity index is 1430. The highest BCUT2D eigenvalue weighted by atomic mass is 32.1. The SMILES string of the molecule is CC(C)c1cccc2sc(N(Cc3ccccn3)C(=O)c3ccc(Cc4ccccc4)cc3)nc12. The van der Waals surface area contributed by atoms with Crippen LogP contribution in [-0.4, -0.2) is 15.9 Å². The Balaban J connectivity index is 1.48. The number of anilines is 1. The van der Waals surface area contributed by atoms with E-state index in [4.69, 9.17) is 4.98 Å². The first kappa shape index (κ1) is 22.9. The van der Waals surface area contributed by atoms with Gasteiger partial charge in [0.15, 0.2) is 5.13 Å². The maximum absolute atomic E-state index is 13.8. The van der Waals surface area contributed by atoms with Crippen LogP contribution in [0.5, 0.6) is 0 Å². The molecule has 0 saturated carbocycles. The Labute approximate surface area is 209 Å². The normalized spacial score (nSPS) is 11.2. The van der Waals surface area contributed by atoms with Crippen molar-refractivity contribution in [3.63, 3.8) is 0 Å². The van der Waals surface area contributed by atoms with Crippen LogP contribution in [0, 0.1) is 0 Å². The number of carbonyl (C=O) groups is 1. The summed E-state index contributed by atoms with van der Waals surface area (Å²) >= 11 is 1.55. The second kappa shape index (κ2) is 10.2. The van der Waals surface area contributed by atoms with E-state index in [1.165, 1.54) is 16.7 Å². The molecule has 0 spiro atoms. The lowest BCUT2D eigenvalue weighted by molar-refractivity contribution is 0.0985. The smallest absolute Gasteiger partial charge is 0.260 e. The van der Waals surface area contributed by atoms with Crippen LogP contribution in [0.15, 0.2) is 97.2 Å². The molecular weight excluding hydrogens is 450 g/mol. The van der Waals surface area contributed by atoms with Crippen molar-refractivity contribution in [2.45, 2.75) is 32.7 Å². The molecule has 0 saturated heterocycles. The van der Waals surface area contributed by atoms with Crippen LogP contribution in [0.2, 0.25) is 0 Å². The van der Waals surface area contributed by atoms with Gasteiger partial charge in [0.2, 0.25) is 0 Å². The Morgan fingerprint density at radius 2 is 1.60 bits per heavy atom. The molecule has 3 aromatic carbocycles. The number of rotatable bonds is 7. The van der Waals surface area contributed by atoms with Crippen LogP contribution < -0.4 is 4.90 Å². The average Bonchev–Trinajstić information content (AvgIpc) is 3.32. The molecule has 5 heteroatoms. The highest BCUT2D eigenvalue weighted by molar-refractivity contribution is 7.22. The zero-order valence-corrected chi connectivity index (χ0v) is 20.7. The van der Waals surface area contributed by atoms with Crippen LogP contribution in [0.1, 0.15) is 52.5 Å². The molecule has 1 amide bonds. The Kier molecular flexibility index (Phi) is 6.68. The van der Waals surface area contributed by atoms with Crippen molar-refractivity contribution in [3.05, 3.63) is 125 Å². The van der Waals surface area contributed by atoms with Crippen LogP contribution in [0.4, 0.5) is 5.13 Å². The first-order chi connectivity index (χ1) is 17.1. The molecule has 0 bridgehead atoms. The quantitative estimate of drug-likeness (QED) is 0.248. The molecule has 0 unspecified atom stereocenters. The van der Waals surface area contributed by atoms with Gasteiger partial charge in [-0.3, -0.25) is 14.7 Å². The van der Waals surface area contributed by atoms with Crippen LogP contribution in [0.25, 0.3) is 10.2 Å². The van der Waals surface area contributed by atoms with Crippen molar-refractivity contribution in [1.29, 1.82) is 0 Å². The summed E-state index contributed by atoms with van der Waals surface area (Å²) in [5, 5.41) is 0.692. The van der Waals surface area contributed by atoms with E-state index in [9.17, 15) is 4.79 Å². The number of nitrogens with zero attached hydrogens (tertiary/aromatic N) is 3. The molecule has 0 radical (unpaired) electrons. The predicted octanol–water partition coefficient (Wildman–Crippen LogP) is 7.25. The van der Waals surface area contributed by atoms with Gasteiger partial charge < -0.3 is 0 Å². The monoisotopic (exact) mass is 477 g/mol. The molecular formula is C30H27N3OS. The minimum atomic E-state index is -0.0768. The number of hydrogen-bond donors (Lipinski definition) is 0. The summed E-state index contributed by atoms with van der Waals surface area (Å²) in [6.45, 7) is 4.70. The number of pyridine rings is 1. The minimum absolute atomic E-state index is 0.0768. The second-order valence-corrected chi connectivity index (χ2v) is 9.93.